The van der Waals surface area contributed by atoms with E-state index in [0.717, 1.165) is 12.0 Å². The number of hydrogen-bond acceptors (Lipinski definition) is 7. The number of rotatable bonds is 14. The van der Waals surface area contributed by atoms with E-state index in [-0.39, 0.29) is 22.7 Å². The molecule has 0 aromatic heterocycles. The van der Waals surface area contributed by atoms with Gasteiger partial charge in [0.2, 0.25) is 0 Å². The molecule has 1 N–H and O–H groups in total. The zero-order valence-electron chi connectivity index (χ0n) is 24.4. The van der Waals surface area contributed by atoms with Crippen LogP contribution in [0.1, 0.15) is 41.8 Å². The van der Waals surface area contributed by atoms with Gasteiger partial charge in [0.25, 0.3) is 15.9 Å². The van der Waals surface area contributed by atoms with Crippen LogP contribution in [0.4, 0.5) is 5.69 Å². The summed E-state index contributed by atoms with van der Waals surface area (Å²) in [5.74, 6) is 1.18. The Bertz CT molecular complexity index is 1640. The van der Waals surface area contributed by atoms with Crippen LogP contribution in [-0.2, 0) is 16.6 Å². The van der Waals surface area contributed by atoms with Gasteiger partial charge >= 0.3 is 0 Å². The van der Waals surface area contributed by atoms with E-state index in [0.29, 0.717) is 36.0 Å². The molecule has 43 heavy (non-hydrogen) atoms. The maximum atomic E-state index is 14.0. The number of anilines is 1. The quantitative estimate of drug-likeness (QED) is 0.140. The number of carbonyl (C=O) groups is 1. The molecule has 1 amide bonds. The van der Waals surface area contributed by atoms with Gasteiger partial charge in [-0.25, -0.2) is 13.8 Å². The summed E-state index contributed by atoms with van der Waals surface area (Å²) in [7, 11) is -2.57. The number of nitrogens with one attached hydrogen (secondary N) is 1. The van der Waals surface area contributed by atoms with Gasteiger partial charge in [-0.1, -0.05) is 49.4 Å². The first-order valence-electron chi connectivity index (χ1n) is 13.9. The Labute approximate surface area is 252 Å². The molecule has 0 aliphatic heterocycles. The number of amides is 1. The van der Waals surface area contributed by atoms with E-state index in [1.807, 2.05) is 44.2 Å². The molecule has 9 nitrogen and oxygen atoms in total. The van der Waals surface area contributed by atoms with Crippen LogP contribution in [0.3, 0.4) is 0 Å². The summed E-state index contributed by atoms with van der Waals surface area (Å²) in [5, 5.41) is 4.13. The largest absolute Gasteiger partial charge is 0.497 e. The van der Waals surface area contributed by atoms with Crippen LogP contribution in [0.15, 0.2) is 107 Å². The molecule has 0 heterocycles. The van der Waals surface area contributed by atoms with Crippen molar-refractivity contribution < 1.29 is 27.4 Å². The van der Waals surface area contributed by atoms with Gasteiger partial charge in [-0.05, 0) is 79.1 Å². The first kappa shape index (κ1) is 31.1. The van der Waals surface area contributed by atoms with E-state index in [1.54, 1.807) is 54.6 Å². The molecule has 0 fully saturated rings. The van der Waals surface area contributed by atoms with E-state index in [2.05, 4.69) is 10.5 Å². The van der Waals surface area contributed by atoms with Gasteiger partial charge in [0.05, 0.1) is 49.2 Å². The summed E-state index contributed by atoms with van der Waals surface area (Å²) in [6.45, 7) is 4.96. The van der Waals surface area contributed by atoms with Crippen molar-refractivity contribution in [3.05, 3.63) is 114 Å². The Hall–Kier alpha value is -4.83. The first-order chi connectivity index (χ1) is 20.9. The molecule has 224 valence electrons. The van der Waals surface area contributed by atoms with Gasteiger partial charge in [-0.3, -0.25) is 9.10 Å². The van der Waals surface area contributed by atoms with Crippen LogP contribution in [0, 0.1) is 0 Å². The second-order valence-corrected chi connectivity index (χ2v) is 11.2. The molecule has 4 rings (SSSR count). The third kappa shape index (κ3) is 7.92. The minimum atomic E-state index is -4.08. The number of benzene rings is 4. The van der Waals surface area contributed by atoms with Crippen LogP contribution in [0.2, 0.25) is 0 Å². The molecule has 0 unspecified atom stereocenters. The molecule has 0 aliphatic carbocycles. The number of para-hydroxylation sites is 1. The average molecular weight is 602 g/mol. The molecule has 0 bridgehead atoms. The van der Waals surface area contributed by atoms with Crippen molar-refractivity contribution in [1.29, 1.82) is 0 Å². The molecular weight excluding hydrogens is 566 g/mol. The highest BCUT2D eigenvalue weighted by Gasteiger charge is 2.28. The fourth-order valence-electron chi connectivity index (χ4n) is 4.24. The Morgan fingerprint density at radius 2 is 1.60 bits per heavy atom. The minimum Gasteiger partial charge on any atom is -0.497 e. The van der Waals surface area contributed by atoms with Gasteiger partial charge < -0.3 is 14.2 Å². The van der Waals surface area contributed by atoms with Crippen molar-refractivity contribution in [3.8, 4) is 17.2 Å². The number of methoxy groups -OCH3 is 1. The highest BCUT2D eigenvalue weighted by atomic mass is 32.2. The van der Waals surface area contributed by atoms with E-state index < -0.39 is 15.9 Å². The first-order valence-corrected chi connectivity index (χ1v) is 15.3. The molecular formula is C33H35N3O6S. The minimum absolute atomic E-state index is 0.00935. The normalized spacial score (nSPS) is 11.2. The molecule has 0 saturated heterocycles. The summed E-state index contributed by atoms with van der Waals surface area (Å²) in [4.78, 5) is 13.5. The van der Waals surface area contributed by atoms with E-state index in [4.69, 9.17) is 14.2 Å². The molecule has 10 heteroatoms. The number of hydrogen-bond donors (Lipinski definition) is 1. The van der Waals surface area contributed by atoms with Gasteiger partial charge in [-0.2, -0.15) is 5.10 Å². The van der Waals surface area contributed by atoms with Gasteiger partial charge in [0.1, 0.15) is 5.75 Å². The molecule has 0 radical (unpaired) electrons. The maximum absolute atomic E-state index is 14.0. The predicted molar refractivity (Wildman–Crippen MR) is 168 cm³/mol. The summed E-state index contributed by atoms with van der Waals surface area (Å²) in [6.07, 6.45) is 2.36. The zero-order chi connectivity index (χ0) is 30.7. The van der Waals surface area contributed by atoms with Gasteiger partial charge in [0, 0.05) is 0 Å². The van der Waals surface area contributed by atoms with Crippen molar-refractivity contribution in [2.24, 2.45) is 5.10 Å². The number of sulfonamides is 1. The maximum Gasteiger partial charge on any atom is 0.273 e. The second-order valence-electron chi connectivity index (χ2n) is 9.38. The molecule has 4 aromatic rings. The highest BCUT2D eigenvalue weighted by Crippen LogP contribution is 2.31. The lowest BCUT2D eigenvalue weighted by Gasteiger charge is -2.26. The van der Waals surface area contributed by atoms with Crippen molar-refractivity contribution in [1.82, 2.24) is 5.43 Å². The monoisotopic (exact) mass is 601 g/mol. The van der Waals surface area contributed by atoms with Gasteiger partial charge in [-0.15, -0.1) is 0 Å². The van der Waals surface area contributed by atoms with Crippen molar-refractivity contribution in [2.45, 2.75) is 31.7 Å². The third-order valence-corrected chi connectivity index (χ3v) is 8.12. The lowest BCUT2D eigenvalue weighted by Crippen LogP contribution is -2.33. The molecule has 0 spiro atoms. The second kappa shape index (κ2) is 14.9. The summed E-state index contributed by atoms with van der Waals surface area (Å²) < 4.78 is 45.8. The van der Waals surface area contributed by atoms with Crippen LogP contribution >= 0.6 is 0 Å². The fourth-order valence-corrected chi connectivity index (χ4v) is 5.71. The summed E-state index contributed by atoms with van der Waals surface area (Å²) in [6, 6.07) is 27.2. The Morgan fingerprint density at radius 3 is 2.30 bits per heavy atom. The fraction of sp³-hybridized carbons (Fsp3) is 0.212. The molecule has 0 aliphatic rings. The lowest BCUT2D eigenvalue weighted by atomic mass is 10.1. The standard InChI is InChI=1S/C33H35N3O6S/c1-4-21-42-31-20-15-26(22-32(31)41-5-2)23-34-35-33(37)29-13-9-10-14-30(29)36(24-25-11-7-6-8-12-25)43(38,39)28-18-16-27(40-3)17-19-28/h6-20,22-23H,4-5,21,24H2,1-3H3,(H,35,37)/b34-23-. The van der Waals surface area contributed by atoms with Crippen LogP contribution in [0.5, 0.6) is 17.2 Å². The molecule has 4 aromatic carbocycles. The Kier molecular flexibility index (Phi) is 10.8. The number of nitrogens with zero attached hydrogens (tertiary/aromatic N) is 2. The topological polar surface area (TPSA) is 107 Å². The summed E-state index contributed by atoms with van der Waals surface area (Å²) >= 11 is 0. The van der Waals surface area contributed by atoms with E-state index in [9.17, 15) is 13.2 Å². The summed E-state index contributed by atoms with van der Waals surface area (Å²) in [5.41, 5.74) is 4.33. The van der Waals surface area contributed by atoms with Crippen molar-refractivity contribution in [2.75, 3.05) is 24.6 Å². The number of hydrazone groups is 1. The average Bonchev–Trinajstić information content (AvgIpc) is 3.04. The van der Waals surface area contributed by atoms with E-state index in [1.165, 1.54) is 29.8 Å². The predicted octanol–water partition coefficient (Wildman–Crippen LogP) is 6.04. The number of carbonyl (C=O) groups excluding carboxylic acids is 1. The molecule has 0 saturated carbocycles. The highest BCUT2D eigenvalue weighted by molar-refractivity contribution is 7.92. The lowest BCUT2D eigenvalue weighted by molar-refractivity contribution is 0.0955. The van der Waals surface area contributed by atoms with Crippen molar-refractivity contribution in [3.63, 3.8) is 0 Å². The van der Waals surface area contributed by atoms with Crippen LogP contribution in [0.25, 0.3) is 0 Å². The zero-order valence-corrected chi connectivity index (χ0v) is 25.2. The van der Waals surface area contributed by atoms with Gasteiger partial charge in [0.15, 0.2) is 11.5 Å². The smallest absolute Gasteiger partial charge is 0.273 e. The van der Waals surface area contributed by atoms with Crippen LogP contribution < -0.4 is 23.9 Å². The van der Waals surface area contributed by atoms with Crippen molar-refractivity contribution >= 4 is 27.8 Å². The Balaban J connectivity index is 1.63. The SMILES string of the molecule is CCCOc1ccc(/C=N\NC(=O)c2ccccc2N(Cc2ccccc2)S(=O)(=O)c2ccc(OC)cc2)cc1OCC. The van der Waals surface area contributed by atoms with Crippen LogP contribution in [-0.4, -0.2) is 40.9 Å². The Morgan fingerprint density at radius 1 is 0.884 bits per heavy atom. The van der Waals surface area contributed by atoms with E-state index >= 15 is 0 Å². The molecule has 0 atom stereocenters. The number of ether oxygens (including phenoxy) is 3. The third-order valence-electron chi connectivity index (χ3n) is 6.34.